The van der Waals surface area contributed by atoms with Gasteiger partial charge in [0.15, 0.2) is 0 Å². The first-order chi connectivity index (χ1) is 16.0. The first-order valence-electron chi connectivity index (χ1n) is 10.9. The molecule has 0 radical (unpaired) electrons. The number of halogens is 2. The molecule has 0 bridgehead atoms. The van der Waals surface area contributed by atoms with Gasteiger partial charge in [-0.25, -0.2) is 4.39 Å². The first-order valence-corrected chi connectivity index (χ1v) is 11.3. The van der Waals surface area contributed by atoms with Crippen molar-refractivity contribution in [2.24, 2.45) is 0 Å². The van der Waals surface area contributed by atoms with Gasteiger partial charge < -0.3 is 10.2 Å². The third-order valence-electron chi connectivity index (χ3n) is 5.80. The maximum Gasteiger partial charge on any atom is 0.256 e. The van der Waals surface area contributed by atoms with Crippen LogP contribution in [0.25, 0.3) is 0 Å². The third kappa shape index (κ3) is 5.59. The summed E-state index contributed by atoms with van der Waals surface area (Å²) in [6, 6.07) is 22.9. The van der Waals surface area contributed by atoms with E-state index in [1.165, 1.54) is 18.2 Å². The molecule has 1 aliphatic heterocycles. The van der Waals surface area contributed by atoms with E-state index in [2.05, 4.69) is 10.2 Å². The maximum atomic E-state index is 14.2. The van der Waals surface area contributed by atoms with Crippen molar-refractivity contribution < 1.29 is 14.0 Å². The molecule has 2 amide bonds. The van der Waals surface area contributed by atoms with Crippen LogP contribution in [-0.2, 0) is 11.3 Å². The summed E-state index contributed by atoms with van der Waals surface area (Å²) in [5.74, 6) is -1.07. The first kappa shape index (κ1) is 23.0. The van der Waals surface area contributed by atoms with Gasteiger partial charge in [-0.15, -0.1) is 0 Å². The van der Waals surface area contributed by atoms with E-state index in [-0.39, 0.29) is 17.4 Å². The Morgan fingerprint density at radius 1 is 0.909 bits per heavy atom. The standard InChI is InChI=1S/C26H25ClFN3O2/c27-21-11-12-23(28)22(17-21)26(33)31-15-13-30(14-16-31)24(20-9-5-2-6-10-20)25(32)29-18-19-7-3-1-4-8-19/h1-12,17,24H,13-16,18H2,(H,29,32)/t24-/m1/s1. The van der Waals surface area contributed by atoms with E-state index < -0.39 is 11.9 Å². The largest absolute Gasteiger partial charge is 0.350 e. The fourth-order valence-corrected chi connectivity index (χ4v) is 4.23. The lowest BCUT2D eigenvalue weighted by Gasteiger charge is -2.39. The SMILES string of the molecule is O=C(NCc1ccccc1)[C@@H](c1ccccc1)N1CCN(C(=O)c2cc(Cl)ccc2F)CC1. The van der Waals surface area contributed by atoms with Crippen molar-refractivity contribution in [2.75, 3.05) is 26.2 Å². The fraction of sp³-hybridized carbons (Fsp3) is 0.231. The van der Waals surface area contributed by atoms with E-state index in [0.29, 0.717) is 37.7 Å². The van der Waals surface area contributed by atoms with Crippen molar-refractivity contribution in [1.82, 2.24) is 15.1 Å². The number of carbonyl (C=O) groups is 2. The van der Waals surface area contributed by atoms with Crippen LogP contribution in [0.3, 0.4) is 0 Å². The smallest absolute Gasteiger partial charge is 0.256 e. The molecule has 1 fully saturated rings. The summed E-state index contributed by atoms with van der Waals surface area (Å²) in [5.41, 5.74) is 1.89. The molecule has 0 aliphatic carbocycles. The Balaban J connectivity index is 1.45. The predicted octanol–water partition coefficient (Wildman–Crippen LogP) is 4.29. The lowest BCUT2D eigenvalue weighted by molar-refractivity contribution is -0.127. The Hall–Kier alpha value is -3.22. The number of nitrogens with one attached hydrogen (secondary N) is 1. The van der Waals surface area contributed by atoms with Crippen LogP contribution in [0.1, 0.15) is 27.5 Å². The number of amides is 2. The molecule has 1 atom stereocenters. The van der Waals surface area contributed by atoms with Crippen LogP contribution in [0.2, 0.25) is 5.02 Å². The maximum absolute atomic E-state index is 14.2. The van der Waals surface area contributed by atoms with Crippen molar-refractivity contribution in [3.63, 3.8) is 0 Å². The quantitative estimate of drug-likeness (QED) is 0.590. The third-order valence-corrected chi connectivity index (χ3v) is 6.03. The second kappa shape index (κ2) is 10.6. The van der Waals surface area contributed by atoms with E-state index in [0.717, 1.165) is 11.1 Å². The number of nitrogens with zero attached hydrogens (tertiary/aromatic N) is 2. The van der Waals surface area contributed by atoms with Gasteiger partial charge in [0.1, 0.15) is 11.9 Å². The Kier molecular flexibility index (Phi) is 7.37. The topological polar surface area (TPSA) is 52.7 Å². The molecule has 170 valence electrons. The van der Waals surface area contributed by atoms with Gasteiger partial charge >= 0.3 is 0 Å². The molecule has 0 saturated carbocycles. The summed E-state index contributed by atoms with van der Waals surface area (Å²) in [6.07, 6.45) is 0. The molecule has 3 aromatic rings. The second-order valence-corrected chi connectivity index (χ2v) is 8.41. The summed E-state index contributed by atoms with van der Waals surface area (Å²) in [6.45, 7) is 2.20. The number of benzene rings is 3. The summed E-state index contributed by atoms with van der Waals surface area (Å²) in [4.78, 5) is 29.7. The molecule has 1 saturated heterocycles. The van der Waals surface area contributed by atoms with Gasteiger partial charge in [-0.3, -0.25) is 14.5 Å². The van der Waals surface area contributed by atoms with Crippen LogP contribution >= 0.6 is 11.6 Å². The zero-order valence-corrected chi connectivity index (χ0v) is 18.8. The molecule has 7 heteroatoms. The Morgan fingerprint density at radius 2 is 1.55 bits per heavy atom. The van der Waals surface area contributed by atoms with E-state index in [9.17, 15) is 14.0 Å². The highest BCUT2D eigenvalue weighted by Gasteiger charge is 2.32. The van der Waals surface area contributed by atoms with Crippen molar-refractivity contribution >= 4 is 23.4 Å². The molecular formula is C26H25ClFN3O2. The molecule has 1 aliphatic rings. The summed E-state index contributed by atoms with van der Waals surface area (Å²) in [5, 5.41) is 3.36. The molecule has 0 aromatic heterocycles. The molecule has 0 unspecified atom stereocenters. The monoisotopic (exact) mass is 465 g/mol. The number of rotatable bonds is 6. The fourth-order valence-electron chi connectivity index (χ4n) is 4.06. The van der Waals surface area contributed by atoms with E-state index in [1.807, 2.05) is 60.7 Å². The van der Waals surface area contributed by atoms with E-state index in [1.54, 1.807) is 4.90 Å². The molecule has 33 heavy (non-hydrogen) atoms. The molecule has 1 N–H and O–H groups in total. The minimum Gasteiger partial charge on any atom is -0.350 e. The number of carbonyl (C=O) groups excluding carboxylic acids is 2. The van der Waals surface area contributed by atoms with Gasteiger partial charge in [-0.1, -0.05) is 72.3 Å². The molecule has 3 aromatic carbocycles. The lowest BCUT2D eigenvalue weighted by Crippen LogP contribution is -2.52. The predicted molar refractivity (Wildman–Crippen MR) is 126 cm³/mol. The van der Waals surface area contributed by atoms with Crippen molar-refractivity contribution in [2.45, 2.75) is 12.6 Å². The molecule has 0 spiro atoms. The highest BCUT2D eigenvalue weighted by atomic mass is 35.5. The van der Waals surface area contributed by atoms with E-state index in [4.69, 9.17) is 11.6 Å². The van der Waals surface area contributed by atoms with Gasteiger partial charge in [0.05, 0.1) is 5.56 Å². The highest BCUT2D eigenvalue weighted by molar-refractivity contribution is 6.31. The lowest BCUT2D eigenvalue weighted by atomic mass is 10.0. The zero-order chi connectivity index (χ0) is 23.2. The minimum atomic E-state index is -0.589. The number of hydrogen-bond acceptors (Lipinski definition) is 3. The van der Waals surface area contributed by atoms with Crippen LogP contribution in [0.15, 0.2) is 78.9 Å². The van der Waals surface area contributed by atoms with Gasteiger partial charge in [-0.05, 0) is 29.3 Å². The molecule has 1 heterocycles. The van der Waals surface area contributed by atoms with Crippen molar-refractivity contribution in [1.29, 1.82) is 0 Å². The van der Waals surface area contributed by atoms with Crippen LogP contribution in [0, 0.1) is 5.82 Å². The Labute approximate surface area is 197 Å². The average Bonchev–Trinajstić information content (AvgIpc) is 2.86. The van der Waals surface area contributed by atoms with Crippen molar-refractivity contribution in [3.8, 4) is 0 Å². The highest BCUT2D eigenvalue weighted by Crippen LogP contribution is 2.24. The van der Waals surface area contributed by atoms with Crippen LogP contribution in [0.5, 0.6) is 0 Å². The van der Waals surface area contributed by atoms with Gasteiger partial charge in [0.25, 0.3) is 5.91 Å². The normalized spacial score (nSPS) is 15.2. The Morgan fingerprint density at radius 3 is 2.21 bits per heavy atom. The van der Waals surface area contributed by atoms with E-state index >= 15 is 0 Å². The average molecular weight is 466 g/mol. The van der Waals surface area contributed by atoms with Crippen LogP contribution in [-0.4, -0.2) is 47.8 Å². The number of hydrogen-bond donors (Lipinski definition) is 1. The zero-order valence-electron chi connectivity index (χ0n) is 18.1. The summed E-state index contributed by atoms with van der Waals surface area (Å²) >= 11 is 5.95. The van der Waals surface area contributed by atoms with Gasteiger partial charge in [0.2, 0.25) is 5.91 Å². The van der Waals surface area contributed by atoms with Gasteiger partial charge in [-0.2, -0.15) is 0 Å². The van der Waals surface area contributed by atoms with Crippen LogP contribution in [0.4, 0.5) is 4.39 Å². The van der Waals surface area contributed by atoms with Gasteiger partial charge in [0, 0.05) is 37.7 Å². The summed E-state index contributed by atoms with van der Waals surface area (Å²) in [7, 11) is 0. The second-order valence-electron chi connectivity index (χ2n) is 7.97. The molecule has 5 nitrogen and oxygen atoms in total. The molecular weight excluding hydrogens is 441 g/mol. The number of piperazine rings is 1. The van der Waals surface area contributed by atoms with Crippen molar-refractivity contribution in [3.05, 3.63) is 106 Å². The Bertz CT molecular complexity index is 1100. The van der Waals surface area contributed by atoms with Crippen LogP contribution < -0.4 is 5.32 Å². The minimum absolute atomic E-state index is 0.0313. The molecule has 4 rings (SSSR count). The summed E-state index contributed by atoms with van der Waals surface area (Å²) < 4.78 is 14.2.